The fourth-order valence-corrected chi connectivity index (χ4v) is 4.05. The van der Waals surface area contributed by atoms with Gasteiger partial charge in [-0.25, -0.2) is 9.97 Å². The SMILES string of the molecule is COc1nccnc1OC1CCCN(C(=O)CC(c2ccccc2)c2ccccc2)C1. The van der Waals surface area contributed by atoms with Crippen molar-refractivity contribution in [2.45, 2.75) is 31.3 Å². The van der Waals surface area contributed by atoms with Gasteiger partial charge in [-0.3, -0.25) is 4.79 Å². The van der Waals surface area contributed by atoms with Gasteiger partial charge in [-0.1, -0.05) is 60.7 Å². The molecular formula is C25H27N3O3. The molecule has 1 aliphatic heterocycles. The molecular weight excluding hydrogens is 390 g/mol. The molecule has 4 rings (SSSR count). The fraction of sp³-hybridized carbons (Fsp3) is 0.320. The number of carbonyl (C=O) groups excluding carboxylic acids is 1. The number of carbonyl (C=O) groups is 1. The Hall–Kier alpha value is -3.41. The van der Waals surface area contributed by atoms with Crippen molar-refractivity contribution in [3.05, 3.63) is 84.2 Å². The standard InChI is InChI=1S/C25H27N3O3/c1-30-24-25(27-15-14-26-24)31-21-13-8-16-28(18-21)23(29)17-22(19-9-4-2-5-10-19)20-11-6-3-7-12-20/h2-7,9-12,14-15,21-22H,8,13,16-18H2,1H3. The van der Waals surface area contributed by atoms with E-state index in [9.17, 15) is 4.79 Å². The van der Waals surface area contributed by atoms with Crippen LogP contribution in [0, 0.1) is 0 Å². The van der Waals surface area contributed by atoms with Gasteiger partial charge in [0.05, 0.1) is 13.7 Å². The number of piperidine rings is 1. The first-order valence-corrected chi connectivity index (χ1v) is 10.6. The zero-order valence-electron chi connectivity index (χ0n) is 17.7. The molecule has 6 nitrogen and oxygen atoms in total. The molecule has 0 radical (unpaired) electrons. The Bertz CT molecular complexity index is 942. The van der Waals surface area contributed by atoms with Crippen molar-refractivity contribution in [3.8, 4) is 11.8 Å². The predicted octanol–water partition coefficient (Wildman–Crippen LogP) is 4.08. The minimum atomic E-state index is -0.129. The van der Waals surface area contributed by atoms with Crippen molar-refractivity contribution in [2.24, 2.45) is 0 Å². The van der Waals surface area contributed by atoms with E-state index < -0.39 is 0 Å². The van der Waals surface area contributed by atoms with Gasteiger partial charge in [-0.05, 0) is 24.0 Å². The van der Waals surface area contributed by atoms with Crippen molar-refractivity contribution in [3.63, 3.8) is 0 Å². The number of benzene rings is 2. The third-order valence-corrected chi connectivity index (χ3v) is 5.62. The molecule has 3 aromatic rings. The molecule has 160 valence electrons. The lowest BCUT2D eigenvalue weighted by Gasteiger charge is -2.33. The predicted molar refractivity (Wildman–Crippen MR) is 118 cm³/mol. The van der Waals surface area contributed by atoms with Crippen LogP contribution in [0.2, 0.25) is 0 Å². The van der Waals surface area contributed by atoms with Crippen molar-refractivity contribution in [1.82, 2.24) is 14.9 Å². The maximum atomic E-state index is 13.3. The zero-order chi connectivity index (χ0) is 21.5. The Morgan fingerprint density at radius 2 is 1.61 bits per heavy atom. The van der Waals surface area contributed by atoms with Crippen molar-refractivity contribution >= 4 is 5.91 Å². The van der Waals surface area contributed by atoms with E-state index in [4.69, 9.17) is 9.47 Å². The Labute approximate surface area is 182 Å². The first-order chi connectivity index (χ1) is 15.2. The molecule has 31 heavy (non-hydrogen) atoms. The molecule has 1 fully saturated rings. The summed E-state index contributed by atoms with van der Waals surface area (Å²) in [6.07, 6.45) is 5.19. The molecule has 2 heterocycles. The molecule has 0 bridgehead atoms. The molecule has 0 spiro atoms. The van der Waals surface area contributed by atoms with Gasteiger partial charge in [0.25, 0.3) is 11.8 Å². The summed E-state index contributed by atoms with van der Waals surface area (Å²) in [5.41, 5.74) is 2.30. The second-order valence-electron chi connectivity index (χ2n) is 7.67. The van der Waals surface area contributed by atoms with E-state index in [0.29, 0.717) is 24.7 Å². The molecule has 0 saturated carbocycles. The van der Waals surface area contributed by atoms with Gasteiger partial charge in [-0.15, -0.1) is 0 Å². The molecule has 2 aromatic carbocycles. The van der Waals surface area contributed by atoms with Gasteiger partial charge in [0, 0.05) is 31.3 Å². The van der Waals surface area contributed by atoms with Gasteiger partial charge >= 0.3 is 0 Å². The zero-order valence-corrected chi connectivity index (χ0v) is 17.7. The summed E-state index contributed by atoms with van der Waals surface area (Å²) < 4.78 is 11.3. The molecule has 0 aliphatic carbocycles. The number of amides is 1. The second kappa shape index (κ2) is 10.1. The average molecular weight is 418 g/mol. The van der Waals surface area contributed by atoms with Crippen molar-refractivity contribution < 1.29 is 14.3 Å². The Morgan fingerprint density at radius 3 is 2.23 bits per heavy atom. The number of likely N-dealkylation sites (tertiary alicyclic amines) is 1. The number of hydrogen-bond acceptors (Lipinski definition) is 5. The summed E-state index contributed by atoms with van der Waals surface area (Å²) in [4.78, 5) is 23.6. The van der Waals surface area contributed by atoms with E-state index in [-0.39, 0.29) is 17.9 Å². The minimum absolute atomic E-state index is 0.0243. The normalized spacial score (nSPS) is 16.2. The summed E-state index contributed by atoms with van der Waals surface area (Å²) >= 11 is 0. The lowest BCUT2D eigenvalue weighted by Crippen LogP contribution is -2.44. The highest BCUT2D eigenvalue weighted by Crippen LogP contribution is 2.30. The smallest absolute Gasteiger partial charge is 0.278 e. The van der Waals surface area contributed by atoms with Gasteiger partial charge in [-0.2, -0.15) is 0 Å². The summed E-state index contributed by atoms with van der Waals surface area (Å²) in [5.74, 6) is 0.892. The second-order valence-corrected chi connectivity index (χ2v) is 7.67. The van der Waals surface area contributed by atoms with Crippen LogP contribution < -0.4 is 9.47 Å². The molecule has 0 N–H and O–H groups in total. The van der Waals surface area contributed by atoms with E-state index in [0.717, 1.165) is 30.5 Å². The fourth-order valence-electron chi connectivity index (χ4n) is 4.05. The van der Waals surface area contributed by atoms with Crippen molar-refractivity contribution in [1.29, 1.82) is 0 Å². The Kier molecular flexibility index (Phi) is 6.77. The van der Waals surface area contributed by atoms with Crippen LogP contribution in [0.15, 0.2) is 73.1 Å². The lowest BCUT2D eigenvalue weighted by atomic mass is 9.88. The first-order valence-electron chi connectivity index (χ1n) is 10.6. The van der Waals surface area contributed by atoms with Crippen LogP contribution in [0.3, 0.4) is 0 Å². The molecule has 1 unspecified atom stereocenters. The lowest BCUT2D eigenvalue weighted by molar-refractivity contribution is -0.134. The van der Waals surface area contributed by atoms with Crippen molar-refractivity contribution in [2.75, 3.05) is 20.2 Å². The highest BCUT2D eigenvalue weighted by Gasteiger charge is 2.28. The third-order valence-electron chi connectivity index (χ3n) is 5.62. The topological polar surface area (TPSA) is 64.6 Å². The van der Waals surface area contributed by atoms with E-state index in [1.165, 1.54) is 0 Å². The molecule has 1 saturated heterocycles. The summed E-state index contributed by atoms with van der Waals surface area (Å²) in [6, 6.07) is 20.5. The van der Waals surface area contributed by atoms with E-state index in [2.05, 4.69) is 34.2 Å². The van der Waals surface area contributed by atoms with Crippen LogP contribution in [-0.4, -0.2) is 47.1 Å². The number of aromatic nitrogens is 2. The number of hydrogen-bond donors (Lipinski definition) is 0. The number of methoxy groups -OCH3 is 1. The Morgan fingerprint density at radius 1 is 1.00 bits per heavy atom. The third kappa shape index (κ3) is 5.20. The van der Waals surface area contributed by atoms with Crippen LogP contribution in [0.5, 0.6) is 11.8 Å². The Balaban J connectivity index is 1.46. The quantitative estimate of drug-likeness (QED) is 0.580. The molecule has 1 aliphatic rings. The summed E-state index contributed by atoms with van der Waals surface area (Å²) in [6.45, 7) is 1.28. The maximum Gasteiger partial charge on any atom is 0.278 e. The van der Waals surface area contributed by atoms with Crippen LogP contribution in [0.1, 0.15) is 36.3 Å². The highest BCUT2D eigenvalue weighted by atomic mass is 16.5. The first kappa shape index (κ1) is 20.8. The monoisotopic (exact) mass is 417 g/mol. The molecule has 1 aromatic heterocycles. The van der Waals surface area contributed by atoms with Crippen LogP contribution >= 0.6 is 0 Å². The van der Waals surface area contributed by atoms with E-state index >= 15 is 0 Å². The van der Waals surface area contributed by atoms with Crippen LogP contribution in [-0.2, 0) is 4.79 Å². The largest absolute Gasteiger partial charge is 0.477 e. The molecule has 6 heteroatoms. The number of nitrogens with zero attached hydrogens (tertiary/aromatic N) is 3. The van der Waals surface area contributed by atoms with E-state index in [1.807, 2.05) is 41.3 Å². The summed E-state index contributed by atoms with van der Waals surface area (Å²) in [5, 5.41) is 0. The number of ether oxygens (including phenoxy) is 2. The van der Waals surface area contributed by atoms with Crippen LogP contribution in [0.25, 0.3) is 0 Å². The van der Waals surface area contributed by atoms with Gasteiger partial charge < -0.3 is 14.4 Å². The summed E-state index contributed by atoms with van der Waals surface area (Å²) in [7, 11) is 1.54. The highest BCUT2D eigenvalue weighted by molar-refractivity contribution is 5.78. The van der Waals surface area contributed by atoms with Crippen LogP contribution in [0.4, 0.5) is 0 Å². The van der Waals surface area contributed by atoms with E-state index in [1.54, 1.807) is 19.5 Å². The average Bonchev–Trinajstić information content (AvgIpc) is 2.84. The maximum absolute atomic E-state index is 13.3. The van der Waals surface area contributed by atoms with Gasteiger partial charge in [0.2, 0.25) is 5.91 Å². The van der Waals surface area contributed by atoms with Gasteiger partial charge in [0.15, 0.2) is 0 Å². The molecule has 1 atom stereocenters. The van der Waals surface area contributed by atoms with Gasteiger partial charge in [0.1, 0.15) is 6.10 Å². The molecule has 1 amide bonds. The number of rotatable bonds is 7. The minimum Gasteiger partial charge on any atom is -0.477 e.